The summed E-state index contributed by atoms with van der Waals surface area (Å²) in [4.78, 5) is 24.3. The maximum Gasteiger partial charge on any atom is 0.275 e. The Morgan fingerprint density at radius 3 is 2.97 bits per heavy atom. The van der Waals surface area contributed by atoms with E-state index in [1.165, 1.54) is 22.9 Å². The average Bonchev–Trinajstić information content (AvgIpc) is 3.64. The van der Waals surface area contributed by atoms with E-state index in [0.717, 1.165) is 72.5 Å². The first-order valence-electron chi connectivity index (χ1n) is 11.8. The van der Waals surface area contributed by atoms with Gasteiger partial charge < -0.3 is 20.9 Å². The van der Waals surface area contributed by atoms with E-state index < -0.39 is 0 Å². The number of rotatable bonds is 6. The summed E-state index contributed by atoms with van der Waals surface area (Å²) in [7, 11) is 0. The van der Waals surface area contributed by atoms with Crippen LogP contribution in [0.3, 0.4) is 0 Å². The molecule has 12 heteroatoms. The standard InChI is InChI=1S/C24H25N9OS2/c1-15-12-21(36-31-15)29-22-16-4-2-3-5-19(16)33(30-22)24-28-18(14-35-24)23(34)27-17-13-26-7-6-20(17)32-10-8-25-9-11-32/h2,4,6-7,12-14,25H,3,5,8-11H2,1H3,(H,27,34)(H,29,30). The van der Waals surface area contributed by atoms with Crippen LogP contribution in [0.1, 0.15) is 33.9 Å². The predicted octanol–water partition coefficient (Wildman–Crippen LogP) is 3.85. The monoisotopic (exact) mass is 519 g/mol. The van der Waals surface area contributed by atoms with Crippen molar-refractivity contribution in [2.45, 2.75) is 19.8 Å². The van der Waals surface area contributed by atoms with Crippen LogP contribution < -0.4 is 20.9 Å². The van der Waals surface area contributed by atoms with Gasteiger partial charge in [0.25, 0.3) is 5.91 Å². The summed E-state index contributed by atoms with van der Waals surface area (Å²) in [5.74, 6) is 0.503. The quantitative estimate of drug-likeness (QED) is 0.352. The number of nitrogens with one attached hydrogen (secondary N) is 3. The van der Waals surface area contributed by atoms with Crippen LogP contribution in [0.25, 0.3) is 11.2 Å². The molecular formula is C24H25N9OS2. The molecule has 5 heterocycles. The van der Waals surface area contributed by atoms with Gasteiger partial charge in [0.05, 0.1) is 29.0 Å². The lowest BCUT2D eigenvalue weighted by Crippen LogP contribution is -2.43. The lowest BCUT2D eigenvalue weighted by atomic mass is 10.0. The highest BCUT2D eigenvalue weighted by molar-refractivity contribution is 7.12. The molecule has 2 aliphatic rings. The van der Waals surface area contributed by atoms with E-state index in [4.69, 9.17) is 5.10 Å². The molecule has 36 heavy (non-hydrogen) atoms. The normalized spacial score (nSPS) is 15.1. The van der Waals surface area contributed by atoms with Crippen LogP contribution in [0, 0.1) is 6.92 Å². The van der Waals surface area contributed by atoms with Gasteiger partial charge in [-0.25, -0.2) is 9.67 Å². The molecule has 0 unspecified atom stereocenters. The van der Waals surface area contributed by atoms with Gasteiger partial charge in [0.1, 0.15) is 10.7 Å². The maximum atomic E-state index is 13.1. The molecule has 0 spiro atoms. The molecule has 1 saturated heterocycles. The third-order valence-corrected chi connectivity index (χ3v) is 7.75. The zero-order valence-electron chi connectivity index (χ0n) is 19.7. The number of carbonyl (C=O) groups is 1. The van der Waals surface area contributed by atoms with Crippen molar-refractivity contribution in [3.63, 3.8) is 0 Å². The first-order valence-corrected chi connectivity index (χ1v) is 13.5. The summed E-state index contributed by atoms with van der Waals surface area (Å²) in [6.07, 6.45) is 9.49. The van der Waals surface area contributed by atoms with Crippen molar-refractivity contribution >= 4 is 57.0 Å². The van der Waals surface area contributed by atoms with E-state index in [1.807, 2.05) is 23.7 Å². The van der Waals surface area contributed by atoms with Gasteiger partial charge in [-0.15, -0.1) is 16.4 Å². The summed E-state index contributed by atoms with van der Waals surface area (Å²) in [5.41, 5.74) is 5.11. The van der Waals surface area contributed by atoms with Crippen LogP contribution in [0.4, 0.5) is 22.2 Å². The largest absolute Gasteiger partial charge is 0.367 e. The van der Waals surface area contributed by atoms with Crippen molar-refractivity contribution in [3.8, 4) is 5.13 Å². The van der Waals surface area contributed by atoms with Crippen LogP contribution in [0.5, 0.6) is 0 Å². The molecule has 1 aliphatic heterocycles. The second-order valence-electron chi connectivity index (χ2n) is 8.62. The van der Waals surface area contributed by atoms with E-state index in [1.54, 1.807) is 17.8 Å². The molecule has 0 saturated carbocycles. The van der Waals surface area contributed by atoms with Gasteiger partial charge in [-0.05, 0) is 43.4 Å². The number of aromatic nitrogens is 5. The van der Waals surface area contributed by atoms with Crippen LogP contribution in [-0.2, 0) is 6.42 Å². The Bertz CT molecular complexity index is 1430. The highest BCUT2D eigenvalue weighted by Crippen LogP contribution is 2.33. The smallest absolute Gasteiger partial charge is 0.275 e. The van der Waals surface area contributed by atoms with Crippen molar-refractivity contribution < 1.29 is 4.79 Å². The number of aryl methyl sites for hydroxylation is 1. The Morgan fingerprint density at radius 1 is 1.25 bits per heavy atom. The Kier molecular flexibility index (Phi) is 6.21. The number of thiazole rings is 1. The van der Waals surface area contributed by atoms with Gasteiger partial charge in [0, 0.05) is 43.3 Å². The Hall–Kier alpha value is -3.61. The Labute approximate surface area is 216 Å². The molecule has 3 N–H and O–H groups in total. The number of pyridine rings is 1. The van der Waals surface area contributed by atoms with Gasteiger partial charge >= 0.3 is 0 Å². The molecule has 6 rings (SSSR count). The van der Waals surface area contributed by atoms with Gasteiger partial charge in [-0.2, -0.15) is 4.37 Å². The molecule has 184 valence electrons. The fourth-order valence-corrected chi connectivity index (χ4v) is 5.85. The van der Waals surface area contributed by atoms with Crippen LogP contribution in [-0.4, -0.2) is 56.2 Å². The van der Waals surface area contributed by atoms with Crippen LogP contribution in [0.15, 0.2) is 36.0 Å². The summed E-state index contributed by atoms with van der Waals surface area (Å²) in [5, 5.41) is 18.0. The van der Waals surface area contributed by atoms with Crippen molar-refractivity contribution in [3.05, 3.63) is 58.6 Å². The second kappa shape index (κ2) is 9.80. The summed E-state index contributed by atoms with van der Waals surface area (Å²) < 4.78 is 6.20. The molecule has 0 atom stereocenters. The average molecular weight is 520 g/mol. The number of piperazine rings is 1. The fraction of sp³-hybridized carbons (Fsp3) is 0.292. The SMILES string of the molecule is Cc1cc(Nc2nn(-c3nc(C(=O)Nc4cnccc4N4CCNCC4)cs3)c3c2C=CCC3)sn1. The number of nitrogens with zero attached hydrogens (tertiary/aromatic N) is 6. The Balaban J connectivity index is 1.25. The summed E-state index contributed by atoms with van der Waals surface area (Å²) >= 11 is 2.81. The number of hydrogen-bond acceptors (Lipinski definition) is 10. The molecule has 1 fully saturated rings. The van der Waals surface area contributed by atoms with Gasteiger partial charge in [-0.1, -0.05) is 12.2 Å². The molecule has 1 amide bonds. The first kappa shape index (κ1) is 22.8. The molecule has 0 radical (unpaired) electrons. The van der Waals surface area contributed by atoms with Crippen molar-refractivity contribution in [1.29, 1.82) is 0 Å². The van der Waals surface area contributed by atoms with E-state index >= 15 is 0 Å². The molecule has 0 bridgehead atoms. The number of amides is 1. The summed E-state index contributed by atoms with van der Waals surface area (Å²) in [6, 6.07) is 3.94. The molecule has 0 aromatic carbocycles. The van der Waals surface area contributed by atoms with Gasteiger partial charge in [0.2, 0.25) is 5.13 Å². The number of allylic oxidation sites excluding steroid dienone is 1. The van der Waals surface area contributed by atoms with E-state index in [2.05, 4.69) is 47.3 Å². The lowest BCUT2D eigenvalue weighted by Gasteiger charge is -2.30. The first-order chi connectivity index (χ1) is 17.7. The number of fused-ring (bicyclic) bond motifs is 1. The van der Waals surface area contributed by atoms with Gasteiger partial charge in [0.15, 0.2) is 5.82 Å². The van der Waals surface area contributed by atoms with E-state index in [-0.39, 0.29) is 5.91 Å². The minimum atomic E-state index is -0.263. The molecular weight excluding hydrogens is 494 g/mol. The van der Waals surface area contributed by atoms with E-state index in [9.17, 15) is 4.79 Å². The number of carbonyl (C=O) groups excluding carboxylic acids is 1. The third-order valence-electron chi connectivity index (χ3n) is 6.13. The number of anilines is 4. The van der Waals surface area contributed by atoms with Gasteiger partial charge in [-0.3, -0.25) is 9.78 Å². The van der Waals surface area contributed by atoms with E-state index in [0.29, 0.717) is 16.5 Å². The third kappa shape index (κ3) is 4.50. The zero-order valence-corrected chi connectivity index (χ0v) is 21.3. The fourth-order valence-electron chi connectivity index (χ4n) is 4.41. The van der Waals surface area contributed by atoms with Crippen molar-refractivity contribution in [2.75, 3.05) is 41.7 Å². The minimum absolute atomic E-state index is 0.263. The lowest BCUT2D eigenvalue weighted by molar-refractivity contribution is 0.102. The van der Waals surface area contributed by atoms with Crippen molar-refractivity contribution in [2.24, 2.45) is 0 Å². The van der Waals surface area contributed by atoms with Crippen molar-refractivity contribution in [1.82, 2.24) is 29.4 Å². The van der Waals surface area contributed by atoms with Crippen LogP contribution >= 0.6 is 22.9 Å². The molecule has 4 aromatic heterocycles. The number of hydrogen-bond donors (Lipinski definition) is 3. The molecule has 1 aliphatic carbocycles. The molecule has 4 aromatic rings. The zero-order chi connectivity index (χ0) is 24.5. The predicted molar refractivity (Wildman–Crippen MR) is 144 cm³/mol. The summed E-state index contributed by atoms with van der Waals surface area (Å²) in [6.45, 7) is 5.55. The second-order valence-corrected chi connectivity index (χ2v) is 10.3. The highest BCUT2D eigenvalue weighted by atomic mass is 32.1. The van der Waals surface area contributed by atoms with Crippen LogP contribution in [0.2, 0.25) is 0 Å². The highest BCUT2D eigenvalue weighted by Gasteiger charge is 2.23. The topological polar surface area (TPSA) is 113 Å². The molecule has 10 nitrogen and oxygen atoms in total. The Morgan fingerprint density at radius 2 is 2.14 bits per heavy atom. The maximum absolute atomic E-state index is 13.1. The minimum Gasteiger partial charge on any atom is -0.367 e.